The average Bonchev–Trinajstić information content (AvgIpc) is 2.79. The lowest BCUT2D eigenvalue weighted by Crippen LogP contribution is -2.20. The number of rotatable bonds is 3. The molecule has 1 saturated heterocycles. The van der Waals surface area contributed by atoms with E-state index in [0.717, 1.165) is 6.20 Å². The summed E-state index contributed by atoms with van der Waals surface area (Å²) in [6.45, 7) is -0.892. The SMILES string of the molecule is O=c1[nH]c(=S)n(C2CC[C@@H](O)O2)cc1F.OCO[P+](O)(O)O. The van der Waals surface area contributed by atoms with E-state index < -0.39 is 38.9 Å². The van der Waals surface area contributed by atoms with Gasteiger partial charge in [-0.2, -0.15) is 19.1 Å². The summed E-state index contributed by atoms with van der Waals surface area (Å²) in [6, 6.07) is 0. The van der Waals surface area contributed by atoms with E-state index in [1.54, 1.807) is 0 Å². The van der Waals surface area contributed by atoms with Gasteiger partial charge in [0.1, 0.15) is 6.23 Å². The Bertz CT molecular complexity index is 603. The molecular weight excluding hydrogens is 346 g/mol. The molecule has 0 saturated carbocycles. The number of hydrogen-bond donors (Lipinski definition) is 6. The Morgan fingerprint density at radius 3 is 2.55 bits per heavy atom. The molecule has 0 aliphatic carbocycles. The van der Waals surface area contributed by atoms with Crippen molar-refractivity contribution in [3.8, 4) is 0 Å². The van der Waals surface area contributed by atoms with Crippen molar-refractivity contribution < 1.29 is 38.5 Å². The summed E-state index contributed by atoms with van der Waals surface area (Å²) < 4.78 is 23.0. The first kappa shape index (κ1) is 19.2. The molecule has 1 aromatic heterocycles. The number of nitrogens with zero attached hydrogens (tertiary/aromatic N) is 1. The number of nitrogens with one attached hydrogen (secondary N) is 1. The van der Waals surface area contributed by atoms with Crippen LogP contribution in [0.25, 0.3) is 0 Å². The van der Waals surface area contributed by atoms with Crippen molar-refractivity contribution in [2.75, 3.05) is 6.79 Å². The van der Waals surface area contributed by atoms with Crippen LogP contribution in [0, 0.1) is 10.6 Å². The average molecular weight is 361 g/mol. The smallest absolute Gasteiger partial charge is 0.368 e. The van der Waals surface area contributed by atoms with Crippen molar-refractivity contribution in [3.05, 3.63) is 27.1 Å². The Morgan fingerprint density at radius 2 is 2.14 bits per heavy atom. The standard InChI is InChI=1S/C8H9FN2O3S.CH6O5P/c9-4-3-11(8(15)10-7(4)13)5-1-2-6(12)14-5;2-1-6-7(3,4)5/h3,5-6,12H,1-2H2,(H,10,13,15);2-5H,1H2/q;+1/t5?,6-;/m0./s1. The maximum absolute atomic E-state index is 13.0. The molecule has 2 heterocycles. The van der Waals surface area contributed by atoms with Crippen LogP contribution in [0.3, 0.4) is 0 Å². The zero-order chi connectivity index (χ0) is 16.9. The molecule has 1 aliphatic rings. The van der Waals surface area contributed by atoms with Crippen molar-refractivity contribution in [3.63, 3.8) is 0 Å². The Morgan fingerprint density at radius 1 is 1.50 bits per heavy atom. The number of aromatic amines is 1. The van der Waals surface area contributed by atoms with Gasteiger partial charge < -0.3 is 14.9 Å². The summed E-state index contributed by atoms with van der Waals surface area (Å²) in [7, 11) is -4.17. The van der Waals surface area contributed by atoms with E-state index >= 15 is 0 Å². The number of ether oxygens (including phenoxy) is 1. The van der Waals surface area contributed by atoms with Crippen LogP contribution in [0.4, 0.5) is 4.39 Å². The van der Waals surface area contributed by atoms with Crippen LogP contribution in [0.1, 0.15) is 19.1 Å². The molecule has 1 aliphatic heterocycles. The highest BCUT2D eigenvalue weighted by molar-refractivity contribution is 7.71. The Balaban J connectivity index is 0.000000295. The number of aliphatic hydroxyl groups excluding tert-OH is 2. The summed E-state index contributed by atoms with van der Waals surface area (Å²) in [6.07, 6.45) is 0.614. The minimum atomic E-state index is -4.17. The molecular formula is C9H15FN2O8PS+. The van der Waals surface area contributed by atoms with Gasteiger partial charge in [-0.1, -0.05) is 0 Å². The van der Waals surface area contributed by atoms with Gasteiger partial charge in [-0.15, -0.1) is 4.52 Å². The number of halogens is 1. The number of hydrogen-bond acceptors (Lipinski definition) is 9. The van der Waals surface area contributed by atoms with Crippen LogP contribution in [0.2, 0.25) is 0 Å². The van der Waals surface area contributed by atoms with Crippen molar-refractivity contribution in [2.24, 2.45) is 0 Å². The van der Waals surface area contributed by atoms with Crippen LogP contribution in [-0.2, 0) is 9.26 Å². The first-order valence-electron chi connectivity index (χ1n) is 5.81. The first-order chi connectivity index (χ1) is 10.1. The molecule has 2 atom stereocenters. The van der Waals surface area contributed by atoms with Crippen LogP contribution >= 0.6 is 20.4 Å². The minimum Gasteiger partial charge on any atom is -0.368 e. The third-order valence-corrected chi connectivity index (χ3v) is 3.22. The highest BCUT2D eigenvalue weighted by Gasteiger charge is 2.32. The van der Waals surface area contributed by atoms with Gasteiger partial charge in [-0.05, 0) is 18.6 Å². The quantitative estimate of drug-likeness (QED) is 0.232. The third-order valence-electron chi connectivity index (χ3n) is 2.44. The zero-order valence-electron chi connectivity index (χ0n) is 11.0. The van der Waals surface area contributed by atoms with Crippen LogP contribution in [0.15, 0.2) is 11.0 Å². The lowest BCUT2D eigenvalue weighted by atomic mass is 10.3. The largest absolute Gasteiger partial charge is 0.569 e. The number of aromatic nitrogens is 2. The molecule has 10 nitrogen and oxygen atoms in total. The Hall–Kier alpha value is -0.820. The maximum Gasteiger partial charge on any atom is 0.569 e. The second-order valence-electron chi connectivity index (χ2n) is 4.04. The minimum absolute atomic E-state index is 0.0838. The lowest BCUT2D eigenvalue weighted by molar-refractivity contribution is -0.113. The normalized spacial score (nSPS) is 21.4. The van der Waals surface area contributed by atoms with Gasteiger partial charge in [-0.25, -0.2) is 0 Å². The number of aliphatic hydroxyl groups is 2. The highest BCUT2D eigenvalue weighted by atomic mass is 32.1. The monoisotopic (exact) mass is 361 g/mol. The summed E-state index contributed by atoms with van der Waals surface area (Å²) in [4.78, 5) is 36.6. The van der Waals surface area contributed by atoms with Crippen molar-refractivity contribution >= 4 is 20.4 Å². The highest BCUT2D eigenvalue weighted by Crippen LogP contribution is 2.44. The van der Waals surface area contributed by atoms with Crippen LogP contribution < -0.4 is 5.56 Å². The van der Waals surface area contributed by atoms with Crippen molar-refractivity contribution in [1.29, 1.82) is 0 Å². The fraction of sp³-hybridized carbons (Fsp3) is 0.556. The molecule has 1 aromatic rings. The van der Waals surface area contributed by atoms with Crippen LogP contribution in [-0.4, -0.2) is 47.5 Å². The fourth-order valence-electron chi connectivity index (χ4n) is 1.56. The topological polar surface area (TPSA) is 157 Å². The van der Waals surface area contributed by atoms with E-state index in [1.165, 1.54) is 4.57 Å². The summed E-state index contributed by atoms with van der Waals surface area (Å²) in [5.41, 5.74) is -0.852. The molecule has 2 rings (SSSR count). The first-order valence-corrected chi connectivity index (χ1v) is 7.78. The van der Waals surface area contributed by atoms with Gasteiger partial charge in [0.25, 0.3) is 5.56 Å². The molecule has 6 N–H and O–H groups in total. The summed E-state index contributed by atoms with van der Waals surface area (Å²) >= 11 is 4.85. The molecule has 0 bridgehead atoms. The molecule has 126 valence electrons. The molecule has 0 amide bonds. The van der Waals surface area contributed by atoms with Gasteiger partial charge in [0.05, 0.1) is 6.20 Å². The number of H-pyrrole nitrogens is 1. The van der Waals surface area contributed by atoms with Gasteiger partial charge in [0.15, 0.2) is 17.9 Å². The van der Waals surface area contributed by atoms with Gasteiger partial charge in [-0.3, -0.25) is 14.3 Å². The van der Waals surface area contributed by atoms with Gasteiger partial charge in [0.2, 0.25) is 5.82 Å². The van der Waals surface area contributed by atoms with E-state index in [0.29, 0.717) is 12.8 Å². The van der Waals surface area contributed by atoms with E-state index in [-0.39, 0.29) is 4.77 Å². The van der Waals surface area contributed by atoms with Crippen LogP contribution in [0.5, 0.6) is 0 Å². The summed E-state index contributed by atoms with van der Waals surface area (Å²) in [5.74, 6) is -0.923. The molecule has 0 aromatic carbocycles. The molecule has 22 heavy (non-hydrogen) atoms. The molecule has 0 radical (unpaired) electrons. The lowest BCUT2D eigenvalue weighted by Gasteiger charge is -2.14. The van der Waals surface area contributed by atoms with E-state index in [9.17, 15) is 9.18 Å². The predicted molar refractivity (Wildman–Crippen MR) is 73.0 cm³/mol. The summed E-state index contributed by atoms with van der Waals surface area (Å²) in [5, 5.41) is 16.9. The molecule has 1 unspecified atom stereocenters. The molecule has 13 heteroatoms. The maximum atomic E-state index is 13.0. The second-order valence-corrected chi connectivity index (χ2v) is 5.71. The molecule has 1 fully saturated rings. The van der Waals surface area contributed by atoms with E-state index in [4.69, 9.17) is 41.8 Å². The van der Waals surface area contributed by atoms with E-state index in [1.807, 2.05) is 0 Å². The van der Waals surface area contributed by atoms with Crippen molar-refractivity contribution in [1.82, 2.24) is 9.55 Å². The Labute approximate surface area is 128 Å². The van der Waals surface area contributed by atoms with E-state index in [2.05, 4.69) is 9.51 Å². The second kappa shape index (κ2) is 8.15. The fourth-order valence-corrected chi connectivity index (χ4v) is 1.98. The molecule has 0 spiro atoms. The third kappa shape index (κ3) is 6.12. The van der Waals surface area contributed by atoms with Gasteiger partial charge in [0, 0.05) is 6.42 Å². The van der Waals surface area contributed by atoms with Crippen molar-refractivity contribution in [2.45, 2.75) is 25.4 Å². The zero-order valence-corrected chi connectivity index (χ0v) is 12.7. The van der Waals surface area contributed by atoms with Gasteiger partial charge >= 0.3 is 8.17 Å². The predicted octanol–water partition coefficient (Wildman–Crippen LogP) is -0.720. The Kier molecular flexibility index (Phi) is 7.12.